The molecule has 1 fully saturated rings. The largest absolute Gasteiger partial charge is 0.300 e. The van der Waals surface area contributed by atoms with Crippen molar-refractivity contribution in [3.8, 4) is 0 Å². The molecule has 1 nitrogen and oxygen atoms in total. The number of hydrogen-bond acceptors (Lipinski definition) is 1. The highest BCUT2D eigenvalue weighted by Gasteiger charge is 2.27. The highest BCUT2D eigenvalue weighted by atomic mass is 19.1. The van der Waals surface area contributed by atoms with E-state index >= 15 is 0 Å². The van der Waals surface area contributed by atoms with Gasteiger partial charge in [0.2, 0.25) is 0 Å². The smallest absolute Gasteiger partial charge is 0.131 e. The van der Waals surface area contributed by atoms with Crippen LogP contribution < -0.4 is 0 Å². The summed E-state index contributed by atoms with van der Waals surface area (Å²) < 4.78 is 14.2. The van der Waals surface area contributed by atoms with Crippen LogP contribution in [0.1, 0.15) is 74.5 Å². The van der Waals surface area contributed by atoms with Gasteiger partial charge in [-0.2, -0.15) is 0 Å². The van der Waals surface area contributed by atoms with Crippen LogP contribution in [0.2, 0.25) is 0 Å². The summed E-state index contributed by atoms with van der Waals surface area (Å²) in [6.45, 7) is 3.94. The first-order valence-electron chi connectivity index (χ1n) is 11.3. The number of Topliss-reactive ketones (excluding diaryl/α,β-unsaturated/α-hetero) is 1. The molecule has 0 heterocycles. The van der Waals surface area contributed by atoms with E-state index in [0.717, 1.165) is 23.6 Å². The predicted molar refractivity (Wildman–Crippen MR) is 122 cm³/mol. The Morgan fingerprint density at radius 2 is 1.73 bits per heavy atom. The van der Waals surface area contributed by atoms with Gasteiger partial charge in [0.1, 0.15) is 11.6 Å². The van der Waals surface area contributed by atoms with Crippen LogP contribution in [0.5, 0.6) is 0 Å². The lowest BCUT2D eigenvalue weighted by Crippen LogP contribution is -2.04. The first kappa shape index (κ1) is 20.8. The molecule has 0 N–H and O–H groups in total. The molecule has 0 unspecified atom stereocenters. The number of benzene rings is 3. The van der Waals surface area contributed by atoms with Crippen LogP contribution in [-0.2, 0) is 11.2 Å². The van der Waals surface area contributed by atoms with Gasteiger partial charge in [0.15, 0.2) is 0 Å². The maximum absolute atomic E-state index is 14.2. The molecule has 0 aromatic heterocycles. The number of aryl methyl sites for hydroxylation is 1. The Bertz CT molecular complexity index is 1020. The number of carbonyl (C=O) groups is 1. The lowest BCUT2D eigenvalue weighted by Gasteiger charge is -2.19. The average Bonchev–Trinajstić information content (AvgIpc) is 3.21. The minimum atomic E-state index is -0.130. The number of ketones is 1. The van der Waals surface area contributed by atoms with Gasteiger partial charge in [-0.3, -0.25) is 0 Å². The van der Waals surface area contributed by atoms with Gasteiger partial charge >= 0.3 is 0 Å². The molecule has 4 rings (SSSR count). The highest BCUT2D eigenvalue weighted by Crippen LogP contribution is 2.43. The third-order valence-electron chi connectivity index (χ3n) is 6.88. The number of carbonyl (C=O) groups excluding carboxylic acids is 1. The van der Waals surface area contributed by atoms with Gasteiger partial charge in [-0.1, -0.05) is 61.5 Å². The topological polar surface area (TPSA) is 17.1 Å². The van der Waals surface area contributed by atoms with Crippen molar-refractivity contribution in [2.24, 2.45) is 5.92 Å². The SMILES string of the molecule is CC(=O)CCc1ccc([C@H]2CC[C@H](C[C@H](C)c3ccc(F)c4ccccc34)C2)cc1. The fourth-order valence-electron chi connectivity index (χ4n) is 5.21. The fraction of sp³-hybridized carbons (Fsp3) is 0.393. The molecule has 156 valence electrons. The molecule has 1 saturated carbocycles. The van der Waals surface area contributed by atoms with Crippen molar-refractivity contribution in [1.29, 1.82) is 0 Å². The third kappa shape index (κ3) is 4.64. The zero-order valence-corrected chi connectivity index (χ0v) is 18.0. The van der Waals surface area contributed by atoms with E-state index in [-0.39, 0.29) is 11.6 Å². The minimum absolute atomic E-state index is 0.130. The first-order chi connectivity index (χ1) is 14.5. The Balaban J connectivity index is 1.39. The van der Waals surface area contributed by atoms with E-state index in [4.69, 9.17) is 0 Å². The van der Waals surface area contributed by atoms with Crippen LogP contribution in [0.3, 0.4) is 0 Å². The normalized spacial score (nSPS) is 19.8. The molecule has 0 radical (unpaired) electrons. The van der Waals surface area contributed by atoms with Crippen molar-refractivity contribution in [3.05, 3.63) is 83.2 Å². The van der Waals surface area contributed by atoms with Crippen LogP contribution in [0, 0.1) is 11.7 Å². The molecular weight excluding hydrogens is 371 g/mol. The average molecular weight is 403 g/mol. The van der Waals surface area contributed by atoms with Gasteiger partial charge < -0.3 is 4.79 Å². The van der Waals surface area contributed by atoms with Gasteiger partial charge in [-0.05, 0) is 84.9 Å². The number of fused-ring (bicyclic) bond motifs is 1. The molecule has 0 amide bonds. The Labute approximate surface area is 179 Å². The summed E-state index contributed by atoms with van der Waals surface area (Å²) in [6.07, 6.45) is 6.36. The van der Waals surface area contributed by atoms with Crippen molar-refractivity contribution in [2.45, 2.75) is 64.2 Å². The zero-order chi connectivity index (χ0) is 21.1. The fourth-order valence-corrected chi connectivity index (χ4v) is 5.21. The highest BCUT2D eigenvalue weighted by molar-refractivity contribution is 5.86. The summed E-state index contributed by atoms with van der Waals surface area (Å²) in [5, 5.41) is 1.79. The standard InChI is InChI=1S/C28H31FO/c1-19(25-15-16-28(29)27-6-4-3-5-26(25)27)17-22-11-14-24(18-22)23-12-9-21(10-13-23)8-7-20(2)30/h3-6,9-10,12-13,15-16,19,22,24H,7-8,11,14,17-18H2,1-2H3/t19-,22+,24-/m0/s1. The van der Waals surface area contributed by atoms with Crippen LogP contribution in [0.4, 0.5) is 4.39 Å². The molecular formula is C28H31FO. The first-order valence-corrected chi connectivity index (χ1v) is 11.3. The lowest BCUT2D eigenvalue weighted by molar-refractivity contribution is -0.116. The Morgan fingerprint density at radius 3 is 2.47 bits per heavy atom. The van der Waals surface area contributed by atoms with Gasteiger partial charge in [0.25, 0.3) is 0 Å². The Hall–Kier alpha value is -2.48. The van der Waals surface area contributed by atoms with E-state index in [1.54, 1.807) is 13.0 Å². The summed E-state index contributed by atoms with van der Waals surface area (Å²) in [6, 6.07) is 20.4. The monoisotopic (exact) mass is 402 g/mol. The van der Waals surface area contributed by atoms with Crippen molar-refractivity contribution in [3.63, 3.8) is 0 Å². The number of hydrogen-bond donors (Lipinski definition) is 0. The second-order valence-electron chi connectivity index (χ2n) is 9.14. The maximum Gasteiger partial charge on any atom is 0.131 e. The molecule has 0 aliphatic heterocycles. The second kappa shape index (κ2) is 9.12. The molecule has 0 saturated heterocycles. The summed E-state index contributed by atoms with van der Waals surface area (Å²) in [5.41, 5.74) is 3.95. The Kier molecular flexibility index (Phi) is 6.32. The van der Waals surface area contributed by atoms with Gasteiger partial charge in [-0.25, -0.2) is 4.39 Å². The molecule has 0 bridgehead atoms. The third-order valence-corrected chi connectivity index (χ3v) is 6.88. The predicted octanol–water partition coefficient (Wildman–Crippen LogP) is 7.58. The summed E-state index contributed by atoms with van der Waals surface area (Å²) in [4.78, 5) is 11.2. The van der Waals surface area contributed by atoms with E-state index in [9.17, 15) is 9.18 Å². The minimum Gasteiger partial charge on any atom is -0.300 e. The van der Waals surface area contributed by atoms with E-state index in [2.05, 4.69) is 37.3 Å². The summed E-state index contributed by atoms with van der Waals surface area (Å²) in [7, 11) is 0. The maximum atomic E-state index is 14.2. The van der Waals surface area contributed by atoms with Crippen molar-refractivity contribution >= 4 is 16.6 Å². The molecule has 1 aliphatic carbocycles. The summed E-state index contributed by atoms with van der Waals surface area (Å²) >= 11 is 0. The lowest BCUT2D eigenvalue weighted by atomic mass is 9.86. The Morgan fingerprint density at radius 1 is 1.00 bits per heavy atom. The molecule has 30 heavy (non-hydrogen) atoms. The van der Waals surface area contributed by atoms with Gasteiger partial charge in [0, 0.05) is 11.8 Å². The zero-order valence-electron chi connectivity index (χ0n) is 18.0. The van der Waals surface area contributed by atoms with Gasteiger partial charge in [-0.15, -0.1) is 0 Å². The quantitative estimate of drug-likeness (QED) is 0.398. The van der Waals surface area contributed by atoms with Crippen molar-refractivity contribution < 1.29 is 9.18 Å². The van der Waals surface area contributed by atoms with Crippen LogP contribution in [0.15, 0.2) is 60.7 Å². The number of rotatable bonds is 7. The molecule has 3 aromatic rings. The van der Waals surface area contributed by atoms with Gasteiger partial charge in [0.05, 0.1) is 0 Å². The molecule has 0 spiro atoms. The van der Waals surface area contributed by atoms with E-state index in [0.29, 0.717) is 24.2 Å². The summed E-state index contributed by atoms with van der Waals surface area (Å²) in [5.74, 6) is 1.89. The van der Waals surface area contributed by atoms with Crippen molar-refractivity contribution in [2.75, 3.05) is 0 Å². The van der Waals surface area contributed by atoms with Crippen LogP contribution in [0.25, 0.3) is 10.8 Å². The van der Waals surface area contributed by atoms with E-state index < -0.39 is 0 Å². The van der Waals surface area contributed by atoms with Crippen LogP contribution >= 0.6 is 0 Å². The molecule has 1 aliphatic rings. The van der Waals surface area contributed by atoms with E-state index in [1.165, 1.54) is 36.0 Å². The van der Waals surface area contributed by atoms with Crippen molar-refractivity contribution in [1.82, 2.24) is 0 Å². The molecule has 3 aromatic carbocycles. The van der Waals surface area contributed by atoms with E-state index in [1.807, 2.05) is 24.3 Å². The number of halogens is 1. The molecule has 2 heteroatoms. The molecule has 3 atom stereocenters. The second-order valence-corrected chi connectivity index (χ2v) is 9.14. The van der Waals surface area contributed by atoms with Crippen LogP contribution in [-0.4, -0.2) is 5.78 Å².